The van der Waals surface area contributed by atoms with Gasteiger partial charge >= 0.3 is 0 Å². The van der Waals surface area contributed by atoms with Crippen molar-refractivity contribution in [1.82, 2.24) is 20.2 Å². The maximum Gasteiger partial charge on any atom is 0.209 e. The number of anilines is 1. The zero-order valence-electron chi connectivity index (χ0n) is 16.3. The average Bonchev–Trinajstić information content (AvgIpc) is 3.34. The molecular formula is C20H30FN6+. The molecule has 2 aliphatic rings. The molecule has 4 rings (SSSR count). The van der Waals surface area contributed by atoms with Crippen molar-refractivity contribution in [3.05, 3.63) is 35.9 Å². The predicted molar refractivity (Wildman–Crippen MR) is 102 cm³/mol. The van der Waals surface area contributed by atoms with Crippen LogP contribution in [0.1, 0.15) is 57.4 Å². The first-order chi connectivity index (χ1) is 13.1. The Balaban J connectivity index is 1.48. The van der Waals surface area contributed by atoms with Crippen LogP contribution in [0.4, 0.5) is 10.1 Å². The van der Waals surface area contributed by atoms with Crippen LogP contribution in [0.15, 0.2) is 24.3 Å². The maximum atomic E-state index is 13.2. The molecule has 1 aromatic heterocycles. The highest BCUT2D eigenvalue weighted by Crippen LogP contribution is 2.31. The lowest BCUT2D eigenvalue weighted by atomic mass is 10.00. The second kappa shape index (κ2) is 7.92. The Morgan fingerprint density at radius 1 is 1.07 bits per heavy atom. The van der Waals surface area contributed by atoms with E-state index in [2.05, 4.69) is 39.0 Å². The third kappa shape index (κ3) is 3.83. The second-order valence-electron chi connectivity index (χ2n) is 8.26. The van der Waals surface area contributed by atoms with E-state index < -0.39 is 0 Å². The quantitative estimate of drug-likeness (QED) is 0.871. The van der Waals surface area contributed by atoms with Crippen LogP contribution in [0.5, 0.6) is 0 Å². The van der Waals surface area contributed by atoms with E-state index in [1.807, 2.05) is 12.1 Å². The molecule has 27 heavy (non-hydrogen) atoms. The van der Waals surface area contributed by atoms with E-state index in [1.54, 1.807) is 17.0 Å². The normalized spacial score (nSPS) is 20.5. The van der Waals surface area contributed by atoms with Crippen molar-refractivity contribution >= 4 is 5.69 Å². The monoisotopic (exact) mass is 373 g/mol. The number of hydrogen-bond donors (Lipinski definition) is 1. The van der Waals surface area contributed by atoms with Gasteiger partial charge in [0, 0.05) is 11.6 Å². The Morgan fingerprint density at radius 2 is 1.74 bits per heavy atom. The van der Waals surface area contributed by atoms with Gasteiger partial charge in [0.15, 0.2) is 6.04 Å². The standard InChI is InChI=1S/C20H29FN6/c1-15(2)19(20-22-23-24-27(20)18-5-3-4-6-18)26-13-11-25(12-14-26)17-9-7-16(21)8-10-17/h7-10,15,18-19H,3-6,11-14H2,1-2H3/p+1/t19-/m1/s1. The van der Waals surface area contributed by atoms with Crippen LogP contribution in [0.25, 0.3) is 0 Å². The first kappa shape index (κ1) is 18.3. The Morgan fingerprint density at radius 3 is 2.37 bits per heavy atom. The molecule has 1 aliphatic carbocycles. The molecule has 0 spiro atoms. The van der Waals surface area contributed by atoms with Crippen molar-refractivity contribution in [3.63, 3.8) is 0 Å². The van der Waals surface area contributed by atoms with Gasteiger partial charge in [0.25, 0.3) is 0 Å². The molecule has 1 aliphatic heterocycles. The van der Waals surface area contributed by atoms with Crippen LogP contribution in [0, 0.1) is 11.7 Å². The highest BCUT2D eigenvalue weighted by atomic mass is 19.1. The summed E-state index contributed by atoms with van der Waals surface area (Å²) >= 11 is 0. The lowest BCUT2D eigenvalue weighted by molar-refractivity contribution is -0.937. The van der Waals surface area contributed by atoms with E-state index in [0.717, 1.165) is 37.7 Å². The topological polar surface area (TPSA) is 51.3 Å². The van der Waals surface area contributed by atoms with Gasteiger partial charge in [-0.15, -0.1) is 5.10 Å². The Kier molecular flexibility index (Phi) is 5.38. The highest BCUT2D eigenvalue weighted by Gasteiger charge is 2.36. The summed E-state index contributed by atoms with van der Waals surface area (Å²) in [5.41, 5.74) is 1.10. The summed E-state index contributed by atoms with van der Waals surface area (Å²) in [5.74, 6) is 1.35. The van der Waals surface area contributed by atoms with E-state index in [-0.39, 0.29) is 5.82 Å². The summed E-state index contributed by atoms with van der Waals surface area (Å²) in [5, 5.41) is 12.9. The third-order valence-electron chi connectivity index (χ3n) is 6.17. The number of aromatic nitrogens is 4. The molecule has 0 unspecified atom stereocenters. The summed E-state index contributed by atoms with van der Waals surface area (Å²) in [4.78, 5) is 3.90. The fraction of sp³-hybridized carbons (Fsp3) is 0.650. The minimum Gasteiger partial charge on any atom is -0.360 e. The molecule has 0 radical (unpaired) electrons. The van der Waals surface area contributed by atoms with Crippen molar-refractivity contribution in [2.75, 3.05) is 31.1 Å². The molecule has 1 aromatic carbocycles. The number of nitrogens with zero attached hydrogens (tertiary/aromatic N) is 5. The summed E-state index contributed by atoms with van der Waals surface area (Å²) in [6, 6.07) is 7.62. The highest BCUT2D eigenvalue weighted by molar-refractivity contribution is 5.46. The average molecular weight is 374 g/mol. The first-order valence-electron chi connectivity index (χ1n) is 10.3. The predicted octanol–water partition coefficient (Wildman–Crippen LogP) is 2.03. The van der Waals surface area contributed by atoms with Crippen LogP contribution in [-0.4, -0.2) is 46.4 Å². The lowest BCUT2D eigenvalue weighted by Crippen LogP contribution is -3.15. The van der Waals surface area contributed by atoms with Crippen molar-refractivity contribution in [1.29, 1.82) is 0 Å². The van der Waals surface area contributed by atoms with E-state index >= 15 is 0 Å². The molecule has 2 heterocycles. The maximum absolute atomic E-state index is 13.2. The van der Waals surface area contributed by atoms with Gasteiger partial charge in [0.1, 0.15) is 5.82 Å². The number of nitrogens with one attached hydrogen (secondary N) is 1. The van der Waals surface area contributed by atoms with Gasteiger partial charge in [0.2, 0.25) is 5.82 Å². The molecular weight excluding hydrogens is 343 g/mol. The van der Waals surface area contributed by atoms with Crippen molar-refractivity contribution in [3.8, 4) is 0 Å². The number of piperazine rings is 1. The van der Waals surface area contributed by atoms with Gasteiger partial charge in [-0.25, -0.2) is 9.07 Å². The van der Waals surface area contributed by atoms with Gasteiger partial charge in [-0.1, -0.05) is 26.7 Å². The van der Waals surface area contributed by atoms with Crippen LogP contribution in [0.3, 0.4) is 0 Å². The van der Waals surface area contributed by atoms with Gasteiger partial charge < -0.3 is 9.80 Å². The number of benzene rings is 1. The number of quaternary nitrogens is 1. The SMILES string of the molecule is CC(C)[C@H](c1nnnn1C1CCCC1)[NH+]1CCN(c2ccc(F)cc2)CC1. The van der Waals surface area contributed by atoms with Gasteiger partial charge in [-0.2, -0.15) is 0 Å². The van der Waals surface area contributed by atoms with Crippen LogP contribution in [0.2, 0.25) is 0 Å². The molecule has 2 aromatic rings. The van der Waals surface area contributed by atoms with E-state index in [4.69, 9.17) is 0 Å². The third-order valence-corrected chi connectivity index (χ3v) is 6.17. The fourth-order valence-corrected chi connectivity index (χ4v) is 4.78. The van der Waals surface area contributed by atoms with E-state index in [0.29, 0.717) is 18.0 Å². The number of tetrazole rings is 1. The van der Waals surface area contributed by atoms with Crippen molar-refractivity contribution in [2.24, 2.45) is 5.92 Å². The smallest absolute Gasteiger partial charge is 0.209 e. The molecule has 1 saturated heterocycles. The summed E-state index contributed by atoms with van der Waals surface area (Å²) in [7, 11) is 0. The number of rotatable bonds is 5. The van der Waals surface area contributed by atoms with Gasteiger partial charge in [-0.05, 0) is 47.5 Å². The molecule has 6 nitrogen and oxygen atoms in total. The largest absolute Gasteiger partial charge is 0.360 e. The first-order valence-corrected chi connectivity index (χ1v) is 10.3. The van der Waals surface area contributed by atoms with Crippen LogP contribution < -0.4 is 9.80 Å². The minimum atomic E-state index is -0.179. The zero-order valence-corrected chi connectivity index (χ0v) is 16.3. The Labute approximate surface area is 160 Å². The van der Waals surface area contributed by atoms with Crippen LogP contribution in [-0.2, 0) is 0 Å². The summed E-state index contributed by atoms with van der Waals surface area (Å²) in [6.45, 7) is 8.56. The van der Waals surface area contributed by atoms with Crippen molar-refractivity contribution in [2.45, 2.75) is 51.6 Å². The van der Waals surface area contributed by atoms with Crippen molar-refractivity contribution < 1.29 is 9.29 Å². The molecule has 0 bridgehead atoms. The molecule has 1 atom stereocenters. The molecule has 0 amide bonds. The second-order valence-corrected chi connectivity index (χ2v) is 8.26. The molecule has 1 N–H and O–H groups in total. The fourth-order valence-electron chi connectivity index (χ4n) is 4.78. The Hall–Kier alpha value is -2.02. The molecule has 7 heteroatoms. The van der Waals surface area contributed by atoms with Crippen LogP contribution >= 0.6 is 0 Å². The van der Waals surface area contributed by atoms with Gasteiger partial charge in [0.05, 0.1) is 32.2 Å². The molecule has 2 fully saturated rings. The van der Waals surface area contributed by atoms with Gasteiger partial charge in [-0.3, -0.25) is 0 Å². The van der Waals surface area contributed by atoms with E-state index in [1.165, 1.54) is 25.7 Å². The minimum absolute atomic E-state index is 0.179. The van der Waals surface area contributed by atoms with E-state index in [9.17, 15) is 4.39 Å². The summed E-state index contributed by atoms with van der Waals surface area (Å²) < 4.78 is 15.3. The summed E-state index contributed by atoms with van der Waals surface area (Å²) in [6.07, 6.45) is 4.94. The molecule has 146 valence electrons. The molecule has 1 saturated carbocycles. The number of hydrogen-bond acceptors (Lipinski definition) is 4. The lowest BCUT2D eigenvalue weighted by Gasteiger charge is -2.38. The number of halogens is 1. The Bertz CT molecular complexity index is 729. The zero-order chi connectivity index (χ0) is 18.8.